The number of ether oxygens (including phenoxy) is 1. The van der Waals surface area contributed by atoms with Gasteiger partial charge in [-0.05, 0) is 60.8 Å². The molecule has 1 atom stereocenters. The quantitative estimate of drug-likeness (QED) is 0.258. The number of aromatic nitrogens is 2. The summed E-state index contributed by atoms with van der Waals surface area (Å²) in [6.07, 6.45) is 3.29. The van der Waals surface area contributed by atoms with Gasteiger partial charge < -0.3 is 24.3 Å². The number of nitrogens with one attached hydrogen (secondary N) is 1. The lowest BCUT2D eigenvalue weighted by molar-refractivity contribution is 0.0946. The summed E-state index contributed by atoms with van der Waals surface area (Å²) in [5, 5.41) is 3.08. The van der Waals surface area contributed by atoms with Crippen molar-refractivity contribution in [1.82, 2.24) is 15.3 Å². The molecule has 0 aliphatic carbocycles. The molecule has 0 saturated carbocycles. The second kappa shape index (κ2) is 12.2. The van der Waals surface area contributed by atoms with E-state index >= 15 is 0 Å². The number of amides is 1. The van der Waals surface area contributed by atoms with Gasteiger partial charge in [-0.2, -0.15) is 0 Å². The zero-order valence-electron chi connectivity index (χ0n) is 25.2. The summed E-state index contributed by atoms with van der Waals surface area (Å²) >= 11 is 0. The van der Waals surface area contributed by atoms with Crippen LogP contribution in [0.4, 0.5) is 20.3 Å². The van der Waals surface area contributed by atoms with Crippen molar-refractivity contribution < 1.29 is 22.7 Å². The van der Waals surface area contributed by atoms with Crippen molar-refractivity contribution in [3.63, 3.8) is 0 Å². The largest absolute Gasteiger partial charge is 0.415 e. The SMILES string of the molecule is CC(C)(C)[Si](C)(C)OCCNC(=O)c1cc(N2CCC[C@H]2c2cc(F)cc(F)c2)c2nc(N3CCOCC3)cnc2c1. The van der Waals surface area contributed by atoms with Gasteiger partial charge in [-0.1, -0.05) is 20.8 Å². The molecule has 0 bridgehead atoms. The number of hydrogen-bond acceptors (Lipinski definition) is 7. The third kappa shape index (κ3) is 6.58. The van der Waals surface area contributed by atoms with Crippen LogP contribution in [0.2, 0.25) is 18.1 Å². The first-order chi connectivity index (χ1) is 19.9. The minimum Gasteiger partial charge on any atom is -0.415 e. The van der Waals surface area contributed by atoms with Crippen LogP contribution < -0.4 is 15.1 Å². The van der Waals surface area contributed by atoms with Gasteiger partial charge in [0, 0.05) is 37.8 Å². The lowest BCUT2D eigenvalue weighted by Gasteiger charge is -2.36. The van der Waals surface area contributed by atoms with Crippen LogP contribution in [-0.4, -0.2) is 70.2 Å². The normalized spacial score (nSPS) is 18.1. The van der Waals surface area contributed by atoms with Crippen LogP contribution in [0.15, 0.2) is 36.5 Å². The van der Waals surface area contributed by atoms with Gasteiger partial charge in [-0.3, -0.25) is 9.78 Å². The van der Waals surface area contributed by atoms with Gasteiger partial charge >= 0.3 is 0 Å². The Kier molecular flexibility index (Phi) is 8.82. The average molecular weight is 598 g/mol. The van der Waals surface area contributed by atoms with E-state index in [9.17, 15) is 13.6 Å². The number of anilines is 2. The van der Waals surface area contributed by atoms with Gasteiger partial charge in [0.2, 0.25) is 0 Å². The fourth-order valence-corrected chi connectivity index (χ4v) is 6.39. The summed E-state index contributed by atoms with van der Waals surface area (Å²) in [5.74, 6) is -0.712. The monoisotopic (exact) mass is 597 g/mol. The predicted octanol–water partition coefficient (Wildman–Crippen LogP) is 5.84. The summed E-state index contributed by atoms with van der Waals surface area (Å²) in [7, 11) is -1.93. The van der Waals surface area contributed by atoms with E-state index in [-0.39, 0.29) is 17.0 Å². The van der Waals surface area contributed by atoms with Crippen molar-refractivity contribution in [2.24, 2.45) is 0 Å². The topological polar surface area (TPSA) is 79.8 Å². The molecule has 42 heavy (non-hydrogen) atoms. The van der Waals surface area contributed by atoms with E-state index < -0.39 is 20.0 Å². The lowest BCUT2D eigenvalue weighted by atomic mass is 10.0. The highest BCUT2D eigenvalue weighted by atomic mass is 28.4. The number of carbonyl (C=O) groups is 1. The second-order valence-electron chi connectivity index (χ2n) is 12.6. The standard InChI is InChI=1S/C31H41F2N5O3Si/c1-31(2,3)42(4,5)41-12-8-34-30(39)22-17-25-29(36-28(20-35-25)37-10-13-40-14-11-37)27(18-22)38-9-6-7-26(38)21-15-23(32)19-24(33)16-21/h15-20,26H,6-14H2,1-5H3,(H,34,39)/t26-/m0/s1. The molecule has 0 spiro atoms. The molecule has 5 rings (SSSR count). The highest BCUT2D eigenvalue weighted by Gasteiger charge is 2.37. The smallest absolute Gasteiger partial charge is 0.251 e. The summed E-state index contributed by atoms with van der Waals surface area (Å²) in [4.78, 5) is 27.3. The first kappa shape index (κ1) is 30.3. The molecule has 11 heteroatoms. The average Bonchev–Trinajstić information content (AvgIpc) is 3.44. The Morgan fingerprint density at radius 1 is 1.10 bits per heavy atom. The van der Waals surface area contributed by atoms with Crippen molar-refractivity contribution in [2.75, 3.05) is 55.8 Å². The van der Waals surface area contributed by atoms with Gasteiger partial charge in [0.15, 0.2) is 8.32 Å². The van der Waals surface area contributed by atoms with Gasteiger partial charge in [-0.25, -0.2) is 13.8 Å². The molecule has 2 fully saturated rings. The molecule has 8 nitrogen and oxygen atoms in total. The fourth-order valence-electron chi connectivity index (χ4n) is 5.34. The van der Waals surface area contributed by atoms with E-state index in [1.165, 1.54) is 12.1 Å². The van der Waals surface area contributed by atoms with Crippen LogP contribution in [0, 0.1) is 11.6 Å². The number of hydrogen-bond donors (Lipinski definition) is 1. The second-order valence-corrected chi connectivity index (χ2v) is 17.4. The van der Waals surface area contributed by atoms with E-state index in [2.05, 4.69) is 49.0 Å². The van der Waals surface area contributed by atoms with Crippen LogP contribution in [0.25, 0.3) is 11.0 Å². The first-order valence-electron chi connectivity index (χ1n) is 14.7. The third-order valence-electron chi connectivity index (χ3n) is 8.70. The van der Waals surface area contributed by atoms with E-state index in [4.69, 9.17) is 19.1 Å². The first-order valence-corrected chi connectivity index (χ1v) is 17.6. The fraction of sp³-hybridized carbons (Fsp3) is 0.516. The highest BCUT2D eigenvalue weighted by molar-refractivity contribution is 6.74. The van der Waals surface area contributed by atoms with Crippen molar-refractivity contribution in [3.8, 4) is 0 Å². The zero-order chi connectivity index (χ0) is 30.1. The number of fused-ring (bicyclic) bond motifs is 1. The molecule has 1 N–H and O–H groups in total. The van der Waals surface area contributed by atoms with Crippen molar-refractivity contribution in [1.29, 1.82) is 0 Å². The molecular formula is C31H41F2N5O3Si. The number of nitrogens with zero attached hydrogens (tertiary/aromatic N) is 4. The molecular weight excluding hydrogens is 556 g/mol. The lowest BCUT2D eigenvalue weighted by Crippen LogP contribution is -2.42. The van der Waals surface area contributed by atoms with Crippen molar-refractivity contribution >= 4 is 36.8 Å². The third-order valence-corrected chi connectivity index (χ3v) is 13.2. The van der Waals surface area contributed by atoms with E-state index in [1.807, 2.05) is 6.07 Å². The Morgan fingerprint density at radius 3 is 2.50 bits per heavy atom. The molecule has 2 aromatic carbocycles. The van der Waals surface area contributed by atoms with E-state index in [0.717, 1.165) is 30.4 Å². The number of halogens is 2. The number of carbonyl (C=O) groups excluding carboxylic acids is 1. The molecule has 0 unspecified atom stereocenters. The highest BCUT2D eigenvalue weighted by Crippen LogP contribution is 2.40. The maximum Gasteiger partial charge on any atom is 0.251 e. The van der Waals surface area contributed by atoms with Gasteiger partial charge in [-0.15, -0.1) is 0 Å². The summed E-state index contributed by atoms with van der Waals surface area (Å²) in [5.41, 5.74) is 2.98. The van der Waals surface area contributed by atoms with Crippen LogP contribution in [0.5, 0.6) is 0 Å². The summed E-state index contributed by atoms with van der Waals surface area (Å²) in [6, 6.07) is 6.99. The van der Waals surface area contributed by atoms with E-state index in [1.54, 1.807) is 12.3 Å². The Hall–Kier alpha value is -3.15. The number of morpholine rings is 1. The molecule has 2 aliphatic heterocycles. The molecule has 3 heterocycles. The van der Waals surface area contributed by atoms with Crippen LogP contribution >= 0.6 is 0 Å². The molecule has 2 saturated heterocycles. The maximum absolute atomic E-state index is 14.2. The molecule has 2 aliphatic rings. The minimum absolute atomic E-state index is 0.0832. The van der Waals surface area contributed by atoms with Gasteiger partial charge in [0.05, 0.1) is 43.3 Å². The summed E-state index contributed by atoms with van der Waals surface area (Å²) < 4.78 is 40.2. The zero-order valence-corrected chi connectivity index (χ0v) is 26.2. The predicted molar refractivity (Wildman–Crippen MR) is 164 cm³/mol. The maximum atomic E-state index is 14.2. The molecule has 0 radical (unpaired) electrons. The summed E-state index contributed by atoms with van der Waals surface area (Å²) in [6.45, 7) is 15.1. The Balaban J connectivity index is 1.47. The Labute approximate surface area is 247 Å². The van der Waals surface area contributed by atoms with Crippen LogP contribution in [0.1, 0.15) is 55.6 Å². The Morgan fingerprint density at radius 2 is 1.81 bits per heavy atom. The molecule has 3 aromatic rings. The van der Waals surface area contributed by atoms with Gasteiger partial charge in [0.25, 0.3) is 5.91 Å². The molecule has 226 valence electrons. The van der Waals surface area contributed by atoms with Crippen molar-refractivity contribution in [3.05, 3.63) is 59.3 Å². The Bertz CT molecular complexity index is 1420. The number of benzene rings is 2. The van der Waals surface area contributed by atoms with Crippen LogP contribution in [-0.2, 0) is 9.16 Å². The van der Waals surface area contributed by atoms with Crippen molar-refractivity contribution in [2.45, 2.75) is 57.8 Å². The minimum atomic E-state index is -1.93. The molecule has 1 amide bonds. The molecule has 1 aromatic heterocycles. The van der Waals surface area contributed by atoms with Gasteiger partial charge in [0.1, 0.15) is 23.0 Å². The number of rotatable bonds is 8. The van der Waals surface area contributed by atoms with Crippen LogP contribution in [0.3, 0.4) is 0 Å². The van der Waals surface area contributed by atoms with E-state index in [0.29, 0.717) is 68.2 Å².